The van der Waals surface area contributed by atoms with Gasteiger partial charge in [-0.1, -0.05) is 6.92 Å². The summed E-state index contributed by atoms with van der Waals surface area (Å²) in [7, 11) is -29.4. The molecule has 0 aliphatic carbocycles. The number of halogens is 5. The first-order valence-corrected chi connectivity index (χ1v) is 15.2. The predicted molar refractivity (Wildman–Crippen MR) is 98.2 cm³/mol. The fraction of sp³-hybridized carbons (Fsp3) is 1.00. The summed E-state index contributed by atoms with van der Waals surface area (Å²) in [5.74, 6) is 0. The van der Waals surface area contributed by atoms with Crippen molar-refractivity contribution in [3.05, 3.63) is 0 Å². The van der Waals surface area contributed by atoms with Crippen molar-refractivity contribution >= 4 is 49.7 Å². The van der Waals surface area contributed by atoms with Crippen molar-refractivity contribution in [1.82, 2.24) is 0 Å². The molecule has 0 bridgehead atoms. The van der Waals surface area contributed by atoms with Gasteiger partial charge in [0.2, 0.25) is 0 Å². The normalized spacial score (nSPS) is 12.4. The van der Waals surface area contributed by atoms with Gasteiger partial charge in [-0.05, 0) is 13.3 Å². The molecular formula is C4H21F5LiO18P5S. The standard InChI is InChI=1S/C4H10O3S.5FH2O3P.Li.H/c1-3-4(2)8(5,6)7;5*1-5(2,3)4;;/h4H,3H2,1-2H3,(H,5,6,7);5*(H2,2,3,4);;/q;;;;;;+1;-1. The van der Waals surface area contributed by atoms with Gasteiger partial charge < -0.3 is 1.43 Å². The van der Waals surface area contributed by atoms with Gasteiger partial charge in [0.05, 0.1) is 5.25 Å². The molecule has 0 saturated heterocycles. The van der Waals surface area contributed by atoms with Crippen molar-refractivity contribution in [2.24, 2.45) is 0 Å². The SMILES string of the molecule is CCC(C)S(=O)(=O)O.O=P(O)(O)F.O=P(O)(O)F.O=P(O)(O)F.O=P(O)(O)F.O=P(O)(O)F.[H-].[Li+]. The van der Waals surface area contributed by atoms with Crippen molar-refractivity contribution in [2.45, 2.75) is 25.5 Å². The van der Waals surface area contributed by atoms with Gasteiger partial charge in [-0.25, -0.2) is 22.8 Å². The third-order valence-corrected chi connectivity index (χ3v) is 2.43. The maximum Gasteiger partial charge on any atom is 1.00 e. The zero-order valence-corrected chi connectivity index (χ0v) is 21.9. The first-order chi connectivity index (χ1) is 13.5. The van der Waals surface area contributed by atoms with Crippen LogP contribution in [-0.4, -0.2) is 67.2 Å². The molecule has 0 fully saturated rings. The van der Waals surface area contributed by atoms with E-state index in [2.05, 4.69) is 0 Å². The van der Waals surface area contributed by atoms with Crippen LogP contribution in [0.15, 0.2) is 0 Å². The minimum atomic E-state index is -5.14. The Morgan fingerprint density at radius 1 is 0.618 bits per heavy atom. The fourth-order valence-electron chi connectivity index (χ4n) is 0.211. The van der Waals surface area contributed by atoms with Crippen molar-refractivity contribution < 1.29 is 126 Å². The molecule has 212 valence electrons. The van der Waals surface area contributed by atoms with E-state index in [-0.39, 0.29) is 20.3 Å². The Balaban J connectivity index is -0.0000000417. The summed E-state index contributed by atoms with van der Waals surface area (Å²) in [6, 6.07) is 0. The molecule has 1 atom stereocenters. The molecule has 0 rings (SSSR count). The predicted octanol–water partition coefficient (Wildman–Crippen LogP) is -1.97. The van der Waals surface area contributed by atoms with Crippen LogP contribution >= 0.6 is 39.5 Å². The molecule has 0 aliphatic rings. The molecule has 0 saturated carbocycles. The first kappa shape index (κ1) is 51.5. The Hall–Kier alpha value is 0.907. The van der Waals surface area contributed by atoms with Gasteiger partial charge in [-0.15, -0.1) is 21.0 Å². The number of hydrogen-bond acceptors (Lipinski definition) is 7. The summed E-state index contributed by atoms with van der Waals surface area (Å²) in [4.78, 5) is 69.7. The molecular weight excluding hydrogens is 625 g/mol. The molecule has 1 unspecified atom stereocenters. The Bertz CT molecular complexity index is 673. The van der Waals surface area contributed by atoms with Crippen LogP contribution in [0.4, 0.5) is 21.0 Å². The van der Waals surface area contributed by atoms with E-state index in [0.29, 0.717) is 6.42 Å². The van der Waals surface area contributed by atoms with E-state index < -0.39 is 54.9 Å². The third kappa shape index (κ3) is 422. The third-order valence-electron chi connectivity index (χ3n) is 1.08. The van der Waals surface area contributed by atoms with E-state index in [0.717, 1.165) is 0 Å². The van der Waals surface area contributed by atoms with Crippen molar-refractivity contribution in [1.29, 1.82) is 0 Å². The van der Waals surface area contributed by atoms with Crippen LogP contribution in [-0.2, 0) is 32.9 Å². The average Bonchev–Trinajstić information content (AvgIpc) is 2.25. The van der Waals surface area contributed by atoms with Gasteiger partial charge in [0.25, 0.3) is 10.1 Å². The van der Waals surface area contributed by atoms with Crippen LogP contribution in [0.5, 0.6) is 0 Å². The maximum atomic E-state index is 10.4. The van der Waals surface area contributed by atoms with Crippen LogP contribution in [0.2, 0.25) is 0 Å². The molecule has 30 heteroatoms. The molecule has 0 aromatic rings. The van der Waals surface area contributed by atoms with E-state index in [1.54, 1.807) is 6.92 Å². The topological polar surface area (TPSA) is 342 Å². The molecule has 0 spiro atoms. The Labute approximate surface area is 201 Å². The van der Waals surface area contributed by atoms with Crippen molar-refractivity contribution in [3.63, 3.8) is 0 Å². The minimum Gasteiger partial charge on any atom is -1.00 e. The van der Waals surface area contributed by atoms with Crippen LogP contribution in [0.1, 0.15) is 21.7 Å². The number of hydrogen-bond donors (Lipinski definition) is 11. The van der Waals surface area contributed by atoms with E-state index >= 15 is 0 Å². The van der Waals surface area contributed by atoms with Gasteiger partial charge >= 0.3 is 58.4 Å². The molecule has 18 nitrogen and oxygen atoms in total. The zero-order valence-electron chi connectivity index (χ0n) is 17.6. The van der Waals surface area contributed by atoms with Crippen molar-refractivity contribution in [2.75, 3.05) is 0 Å². The van der Waals surface area contributed by atoms with Gasteiger partial charge in [-0.3, -0.25) is 53.5 Å². The van der Waals surface area contributed by atoms with Crippen molar-refractivity contribution in [3.8, 4) is 0 Å². The molecule has 0 radical (unpaired) electrons. The molecule has 0 heterocycles. The van der Waals surface area contributed by atoms with E-state index in [1.807, 2.05) is 0 Å². The van der Waals surface area contributed by atoms with Crippen LogP contribution < -0.4 is 18.9 Å². The second-order valence-corrected chi connectivity index (χ2v) is 10.7. The van der Waals surface area contributed by atoms with Crippen LogP contribution in [0.25, 0.3) is 0 Å². The van der Waals surface area contributed by atoms with E-state index in [9.17, 15) is 29.4 Å². The van der Waals surface area contributed by atoms with Gasteiger partial charge in [0.15, 0.2) is 0 Å². The number of rotatable bonds is 2. The van der Waals surface area contributed by atoms with Gasteiger partial charge in [0.1, 0.15) is 0 Å². The zero-order chi connectivity index (χ0) is 29.3. The molecule has 11 N–H and O–H groups in total. The second-order valence-electron chi connectivity index (χ2n) is 4.10. The molecule has 0 amide bonds. The summed E-state index contributed by atoms with van der Waals surface area (Å²) in [5.41, 5.74) is 0. The summed E-state index contributed by atoms with van der Waals surface area (Å²) < 4.78 is 124. The smallest absolute Gasteiger partial charge is 1.00 e. The second kappa shape index (κ2) is 21.9. The largest absolute Gasteiger partial charge is 1.00 e. The molecule has 0 aromatic carbocycles. The Morgan fingerprint density at radius 3 is 0.706 bits per heavy atom. The monoisotopic (exact) mass is 646 g/mol. The van der Waals surface area contributed by atoms with Gasteiger partial charge in [0, 0.05) is 0 Å². The Kier molecular flexibility index (Phi) is 33.3. The minimum absolute atomic E-state index is 0. The summed E-state index contributed by atoms with van der Waals surface area (Å²) in [6.07, 6.45) is 0.457. The first-order valence-electron chi connectivity index (χ1n) is 6.20. The van der Waals surface area contributed by atoms with E-state index in [1.165, 1.54) is 6.92 Å². The fourth-order valence-corrected chi connectivity index (χ4v) is 0.632. The Morgan fingerprint density at radius 2 is 0.706 bits per heavy atom. The maximum absolute atomic E-state index is 10.4. The molecule has 0 aromatic heterocycles. The van der Waals surface area contributed by atoms with Crippen LogP contribution in [0, 0.1) is 0 Å². The van der Waals surface area contributed by atoms with Gasteiger partial charge in [-0.2, -0.15) is 8.42 Å². The summed E-state index contributed by atoms with van der Waals surface area (Å²) in [6.45, 7) is 3.17. The molecule has 34 heavy (non-hydrogen) atoms. The summed E-state index contributed by atoms with van der Waals surface area (Å²) >= 11 is 0. The quantitative estimate of drug-likeness (QED) is 0.0671. The van der Waals surface area contributed by atoms with Crippen LogP contribution in [0.3, 0.4) is 0 Å². The molecule has 0 aliphatic heterocycles. The average molecular weight is 646 g/mol. The van der Waals surface area contributed by atoms with E-state index in [4.69, 9.17) is 76.3 Å². The summed E-state index contributed by atoms with van der Waals surface area (Å²) in [5, 5.41) is -0.623.